The maximum absolute atomic E-state index is 5.66. The van der Waals surface area contributed by atoms with E-state index in [0.717, 1.165) is 16.8 Å². The first-order valence-electron chi connectivity index (χ1n) is 7.85. The van der Waals surface area contributed by atoms with Crippen molar-refractivity contribution in [3.63, 3.8) is 0 Å². The lowest BCUT2D eigenvalue weighted by Crippen LogP contribution is -2.05. The fraction of sp³-hybridized carbons (Fsp3) is 0.238. The minimum Gasteiger partial charge on any atom is -0.493 e. The number of methoxy groups -OCH3 is 1. The Labute approximate surface area is 144 Å². The van der Waals surface area contributed by atoms with Crippen molar-refractivity contribution in [3.8, 4) is 23.8 Å². The largest absolute Gasteiger partial charge is 0.493 e. The molecule has 2 aromatic rings. The molecule has 2 rings (SSSR count). The SMILES string of the molecule is C#CCOc1c(CC=C)cc(CNc2ccc(C)cc2)cc1OC. The molecule has 0 fully saturated rings. The molecule has 0 saturated carbocycles. The fourth-order valence-corrected chi connectivity index (χ4v) is 2.44. The lowest BCUT2D eigenvalue weighted by molar-refractivity contribution is 0.328. The molecule has 3 heteroatoms. The van der Waals surface area contributed by atoms with Crippen molar-refractivity contribution >= 4 is 5.69 Å². The summed E-state index contributed by atoms with van der Waals surface area (Å²) in [5, 5.41) is 3.42. The van der Waals surface area contributed by atoms with E-state index >= 15 is 0 Å². The van der Waals surface area contributed by atoms with Crippen molar-refractivity contribution in [1.82, 2.24) is 0 Å². The molecule has 0 amide bonds. The number of aryl methyl sites for hydroxylation is 1. The van der Waals surface area contributed by atoms with Crippen LogP contribution in [0.4, 0.5) is 5.69 Å². The average molecular weight is 321 g/mol. The second-order valence-corrected chi connectivity index (χ2v) is 5.49. The Hall–Kier alpha value is -2.86. The van der Waals surface area contributed by atoms with Crippen molar-refractivity contribution in [2.45, 2.75) is 19.9 Å². The molecule has 0 heterocycles. The summed E-state index contributed by atoms with van der Waals surface area (Å²) in [5.41, 5.74) is 4.45. The smallest absolute Gasteiger partial charge is 0.166 e. The van der Waals surface area contributed by atoms with Crippen LogP contribution in [-0.2, 0) is 13.0 Å². The summed E-state index contributed by atoms with van der Waals surface area (Å²) >= 11 is 0. The number of allylic oxidation sites excluding steroid dienone is 1. The van der Waals surface area contributed by atoms with Gasteiger partial charge in [0.15, 0.2) is 11.5 Å². The number of terminal acetylenes is 1. The van der Waals surface area contributed by atoms with E-state index in [4.69, 9.17) is 15.9 Å². The summed E-state index contributed by atoms with van der Waals surface area (Å²) in [6.07, 6.45) is 7.83. The summed E-state index contributed by atoms with van der Waals surface area (Å²) in [7, 11) is 1.63. The molecular weight excluding hydrogens is 298 g/mol. The van der Waals surface area contributed by atoms with E-state index in [1.807, 2.05) is 12.1 Å². The lowest BCUT2D eigenvalue weighted by Gasteiger charge is -2.16. The molecule has 0 radical (unpaired) electrons. The minimum atomic E-state index is 0.210. The normalized spacial score (nSPS) is 9.88. The van der Waals surface area contributed by atoms with Gasteiger partial charge in [-0.1, -0.05) is 29.7 Å². The number of rotatable bonds is 8. The highest BCUT2D eigenvalue weighted by atomic mass is 16.5. The quantitative estimate of drug-likeness (QED) is 0.579. The third-order valence-electron chi connectivity index (χ3n) is 3.62. The minimum absolute atomic E-state index is 0.210. The lowest BCUT2D eigenvalue weighted by atomic mass is 10.1. The van der Waals surface area contributed by atoms with Gasteiger partial charge in [-0.2, -0.15) is 0 Å². The Balaban J connectivity index is 2.23. The Morgan fingerprint density at radius 3 is 2.62 bits per heavy atom. The first-order valence-corrected chi connectivity index (χ1v) is 7.85. The first kappa shape index (κ1) is 17.5. The molecule has 3 nitrogen and oxygen atoms in total. The standard InChI is InChI=1S/C21H23NO2/c1-5-7-18-13-17(14-20(23-4)21(18)24-12-6-2)15-22-19-10-8-16(3)9-11-19/h2,5,8-11,13-14,22H,1,7,12,15H2,3-4H3. The molecule has 0 spiro atoms. The molecule has 0 aromatic heterocycles. The van der Waals surface area contributed by atoms with Crippen LogP contribution in [0.1, 0.15) is 16.7 Å². The van der Waals surface area contributed by atoms with Gasteiger partial charge < -0.3 is 14.8 Å². The van der Waals surface area contributed by atoms with Gasteiger partial charge >= 0.3 is 0 Å². The van der Waals surface area contributed by atoms with Gasteiger partial charge in [0, 0.05) is 17.8 Å². The predicted molar refractivity (Wildman–Crippen MR) is 99.7 cm³/mol. The van der Waals surface area contributed by atoms with Crippen LogP contribution in [0.15, 0.2) is 49.1 Å². The van der Waals surface area contributed by atoms with Crippen LogP contribution in [0.25, 0.3) is 0 Å². The molecule has 1 N–H and O–H groups in total. The maximum Gasteiger partial charge on any atom is 0.166 e. The zero-order valence-corrected chi connectivity index (χ0v) is 14.3. The van der Waals surface area contributed by atoms with Crippen molar-refractivity contribution in [2.24, 2.45) is 0 Å². The van der Waals surface area contributed by atoms with E-state index in [0.29, 0.717) is 24.5 Å². The molecule has 24 heavy (non-hydrogen) atoms. The van der Waals surface area contributed by atoms with Gasteiger partial charge in [0.05, 0.1) is 7.11 Å². The van der Waals surface area contributed by atoms with Crippen LogP contribution < -0.4 is 14.8 Å². The average Bonchev–Trinajstić information content (AvgIpc) is 2.60. The van der Waals surface area contributed by atoms with E-state index in [2.05, 4.69) is 55.1 Å². The molecule has 0 saturated heterocycles. The molecule has 0 bridgehead atoms. The maximum atomic E-state index is 5.66. The van der Waals surface area contributed by atoms with Crippen LogP contribution in [0.2, 0.25) is 0 Å². The second-order valence-electron chi connectivity index (χ2n) is 5.49. The molecule has 0 atom stereocenters. The van der Waals surface area contributed by atoms with Gasteiger partial charge in [-0.3, -0.25) is 0 Å². The zero-order chi connectivity index (χ0) is 17.4. The number of nitrogens with one attached hydrogen (secondary N) is 1. The Morgan fingerprint density at radius 2 is 2.00 bits per heavy atom. The zero-order valence-electron chi connectivity index (χ0n) is 14.3. The predicted octanol–water partition coefficient (Wildman–Crippen LogP) is 4.36. The monoisotopic (exact) mass is 321 g/mol. The number of ether oxygens (including phenoxy) is 2. The van der Waals surface area contributed by atoms with Crippen molar-refractivity contribution in [1.29, 1.82) is 0 Å². The van der Waals surface area contributed by atoms with Crippen LogP contribution in [-0.4, -0.2) is 13.7 Å². The topological polar surface area (TPSA) is 30.5 Å². The van der Waals surface area contributed by atoms with E-state index < -0.39 is 0 Å². The molecule has 0 aliphatic heterocycles. The van der Waals surface area contributed by atoms with Gasteiger partial charge in [0.2, 0.25) is 0 Å². The van der Waals surface area contributed by atoms with Gasteiger partial charge in [0.25, 0.3) is 0 Å². The second kappa shape index (κ2) is 8.69. The molecule has 0 aliphatic rings. The first-order chi connectivity index (χ1) is 11.7. The van der Waals surface area contributed by atoms with Crippen molar-refractivity contribution in [2.75, 3.05) is 19.0 Å². The third-order valence-corrected chi connectivity index (χ3v) is 3.62. The third kappa shape index (κ3) is 4.57. The van der Waals surface area contributed by atoms with E-state index in [1.165, 1.54) is 5.56 Å². The highest BCUT2D eigenvalue weighted by Gasteiger charge is 2.12. The molecule has 2 aromatic carbocycles. The fourth-order valence-electron chi connectivity index (χ4n) is 2.44. The molecule has 0 aliphatic carbocycles. The summed E-state index contributed by atoms with van der Waals surface area (Å²) < 4.78 is 11.1. The molecule has 0 unspecified atom stereocenters. The Morgan fingerprint density at radius 1 is 1.25 bits per heavy atom. The van der Waals surface area contributed by atoms with Crippen LogP contribution in [0.5, 0.6) is 11.5 Å². The van der Waals surface area contributed by atoms with Gasteiger partial charge in [-0.25, -0.2) is 0 Å². The van der Waals surface area contributed by atoms with E-state index in [9.17, 15) is 0 Å². The number of hydrogen-bond acceptors (Lipinski definition) is 3. The molecular formula is C21H23NO2. The van der Waals surface area contributed by atoms with Gasteiger partial charge in [-0.15, -0.1) is 13.0 Å². The number of hydrogen-bond donors (Lipinski definition) is 1. The van der Waals surface area contributed by atoms with Gasteiger partial charge in [-0.05, 0) is 43.2 Å². The summed E-state index contributed by atoms with van der Waals surface area (Å²) in [6, 6.07) is 12.4. The van der Waals surface area contributed by atoms with Crippen LogP contribution in [0, 0.1) is 19.3 Å². The van der Waals surface area contributed by atoms with E-state index in [-0.39, 0.29) is 6.61 Å². The van der Waals surface area contributed by atoms with Crippen molar-refractivity contribution in [3.05, 3.63) is 65.7 Å². The van der Waals surface area contributed by atoms with Crippen molar-refractivity contribution < 1.29 is 9.47 Å². The van der Waals surface area contributed by atoms with Gasteiger partial charge in [0.1, 0.15) is 6.61 Å². The summed E-state index contributed by atoms with van der Waals surface area (Å²) in [5.74, 6) is 3.86. The van der Waals surface area contributed by atoms with Crippen LogP contribution in [0.3, 0.4) is 0 Å². The van der Waals surface area contributed by atoms with E-state index in [1.54, 1.807) is 7.11 Å². The molecule has 124 valence electrons. The van der Waals surface area contributed by atoms with Crippen LogP contribution >= 0.6 is 0 Å². The Bertz CT molecular complexity index is 727. The number of anilines is 1. The number of benzene rings is 2. The highest BCUT2D eigenvalue weighted by Crippen LogP contribution is 2.33. The summed E-state index contributed by atoms with van der Waals surface area (Å²) in [6.45, 7) is 6.79. The Kier molecular flexibility index (Phi) is 6.33. The summed E-state index contributed by atoms with van der Waals surface area (Å²) in [4.78, 5) is 0. The highest BCUT2D eigenvalue weighted by molar-refractivity contribution is 5.52.